The summed E-state index contributed by atoms with van der Waals surface area (Å²) in [7, 11) is 0. The molecule has 1 aliphatic heterocycles. The van der Waals surface area contributed by atoms with Gasteiger partial charge in [0.15, 0.2) is 5.84 Å². The lowest BCUT2D eigenvalue weighted by Crippen LogP contribution is -2.31. The molecule has 1 aromatic rings. The van der Waals surface area contributed by atoms with E-state index in [2.05, 4.69) is 27.1 Å². The van der Waals surface area contributed by atoms with Crippen molar-refractivity contribution >= 4 is 23.5 Å². The fourth-order valence-electron chi connectivity index (χ4n) is 1.49. The summed E-state index contributed by atoms with van der Waals surface area (Å²) in [6, 6.07) is 5.91. The van der Waals surface area contributed by atoms with E-state index in [4.69, 9.17) is 4.74 Å². The minimum Gasteiger partial charge on any atom is -0.462 e. The molecule has 0 spiro atoms. The average molecular weight is 272 g/mol. The molecule has 0 aromatic heterocycles. The van der Waals surface area contributed by atoms with Crippen LogP contribution in [0, 0.1) is 0 Å². The molecule has 0 atom stereocenters. The van der Waals surface area contributed by atoms with E-state index in [1.54, 1.807) is 31.2 Å². The number of amidine groups is 1. The molecule has 0 fully saturated rings. The second kappa shape index (κ2) is 5.87. The molecule has 1 aromatic carbocycles. The maximum Gasteiger partial charge on any atom is 0.365 e. The summed E-state index contributed by atoms with van der Waals surface area (Å²) in [4.78, 5) is 26.9. The molecule has 1 heterocycles. The van der Waals surface area contributed by atoms with Crippen LogP contribution in [-0.2, 0) is 4.74 Å². The van der Waals surface area contributed by atoms with Gasteiger partial charge < -0.3 is 4.74 Å². The zero-order chi connectivity index (χ0) is 14.5. The number of carbonyl (C=O) groups excluding carboxylic acids is 2. The van der Waals surface area contributed by atoms with Crippen molar-refractivity contribution < 1.29 is 14.3 Å². The summed E-state index contributed by atoms with van der Waals surface area (Å²) in [6.07, 6.45) is 0. The molecule has 0 saturated heterocycles. The van der Waals surface area contributed by atoms with E-state index in [0.717, 1.165) is 0 Å². The highest BCUT2D eigenvalue weighted by Crippen LogP contribution is 2.17. The SMILES string of the molecule is C=C1N=NC(=O)NC1=Nc1cccc(C(=O)OCC)c1. The molecule has 0 saturated carbocycles. The molecule has 2 rings (SSSR count). The van der Waals surface area contributed by atoms with Crippen molar-refractivity contribution in [2.24, 2.45) is 15.2 Å². The first-order valence-electron chi connectivity index (χ1n) is 5.88. The van der Waals surface area contributed by atoms with Gasteiger partial charge >= 0.3 is 12.0 Å². The number of esters is 1. The third-order valence-electron chi connectivity index (χ3n) is 2.36. The Morgan fingerprint density at radius 1 is 1.45 bits per heavy atom. The smallest absolute Gasteiger partial charge is 0.365 e. The van der Waals surface area contributed by atoms with Crippen LogP contribution in [0.4, 0.5) is 10.5 Å². The Morgan fingerprint density at radius 3 is 3.00 bits per heavy atom. The van der Waals surface area contributed by atoms with Gasteiger partial charge in [0.25, 0.3) is 0 Å². The van der Waals surface area contributed by atoms with Crippen molar-refractivity contribution in [1.29, 1.82) is 0 Å². The van der Waals surface area contributed by atoms with Crippen molar-refractivity contribution in [3.63, 3.8) is 0 Å². The van der Waals surface area contributed by atoms with Gasteiger partial charge in [0.05, 0.1) is 17.9 Å². The number of nitrogens with zero attached hydrogens (tertiary/aromatic N) is 3. The van der Waals surface area contributed by atoms with Crippen LogP contribution < -0.4 is 5.32 Å². The summed E-state index contributed by atoms with van der Waals surface area (Å²) in [5.41, 5.74) is 1.10. The van der Waals surface area contributed by atoms with Crippen molar-refractivity contribution in [3.8, 4) is 0 Å². The van der Waals surface area contributed by atoms with Crippen LogP contribution in [0.1, 0.15) is 17.3 Å². The second-order valence-corrected chi connectivity index (χ2v) is 3.81. The first-order chi connectivity index (χ1) is 9.60. The highest BCUT2D eigenvalue weighted by Gasteiger charge is 2.15. The van der Waals surface area contributed by atoms with Crippen molar-refractivity contribution in [2.75, 3.05) is 6.61 Å². The summed E-state index contributed by atoms with van der Waals surface area (Å²) in [5, 5.41) is 9.29. The number of hydrogen-bond donors (Lipinski definition) is 1. The van der Waals surface area contributed by atoms with Crippen LogP contribution in [0.15, 0.2) is 51.8 Å². The number of ether oxygens (including phenoxy) is 1. The van der Waals surface area contributed by atoms with Gasteiger partial charge in [-0.3, -0.25) is 5.32 Å². The molecule has 0 radical (unpaired) electrons. The lowest BCUT2D eigenvalue weighted by Gasteiger charge is -2.09. The van der Waals surface area contributed by atoms with Gasteiger partial charge in [-0.05, 0) is 25.1 Å². The standard InChI is InChI=1S/C13H12N4O3/c1-3-20-12(18)9-5-4-6-10(7-9)14-11-8(2)16-17-13(19)15-11/h4-7H,2-3H2,1H3,(H,14,15,19). The zero-order valence-corrected chi connectivity index (χ0v) is 10.8. The normalized spacial score (nSPS) is 16.1. The highest BCUT2D eigenvalue weighted by molar-refractivity contribution is 6.09. The van der Waals surface area contributed by atoms with Crippen molar-refractivity contribution in [2.45, 2.75) is 6.92 Å². The van der Waals surface area contributed by atoms with Gasteiger partial charge in [0.1, 0.15) is 5.70 Å². The van der Waals surface area contributed by atoms with Crippen LogP contribution in [-0.4, -0.2) is 24.4 Å². The Kier molecular flexibility index (Phi) is 3.99. The quantitative estimate of drug-likeness (QED) is 0.857. The van der Waals surface area contributed by atoms with E-state index in [-0.39, 0.29) is 11.5 Å². The van der Waals surface area contributed by atoms with E-state index >= 15 is 0 Å². The third kappa shape index (κ3) is 3.14. The predicted molar refractivity (Wildman–Crippen MR) is 72.0 cm³/mol. The number of azo groups is 1. The minimum atomic E-state index is -0.613. The molecule has 20 heavy (non-hydrogen) atoms. The molecule has 1 aliphatic rings. The monoisotopic (exact) mass is 272 g/mol. The number of benzene rings is 1. The third-order valence-corrected chi connectivity index (χ3v) is 2.36. The first kappa shape index (κ1) is 13.6. The lowest BCUT2D eigenvalue weighted by atomic mass is 10.2. The predicted octanol–water partition coefficient (Wildman–Crippen LogP) is 2.58. The van der Waals surface area contributed by atoms with Crippen LogP contribution in [0.5, 0.6) is 0 Å². The van der Waals surface area contributed by atoms with Crippen molar-refractivity contribution in [3.05, 3.63) is 42.1 Å². The summed E-state index contributed by atoms with van der Waals surface area (Å²) in [5.74, 6) is -0.230. The lowest BCUT2D eigenvalue weighted by molar-refractivity contribution is 0.0526. The molecule has 0 bridgehead atoms. The van der Waals surface area contributed by atoms with Crippen LogP contribution in [0.3, 0.4) is 0 Å². The molecule has 0 unspecified atom stereocenters. The maximum atomic E-state index is 11.6. The summed E-state index contributed by atoms with van der Waals surface area (Å²) in [6.45, 7) is 5.64. The van der Waals surface area contributed by atoms with Crippen LogP contribution >= 0.6 is 0 Å². The number of hydrogen-bond acceptors (Lipinski definition) is 5. The Morgan fingerprint density at radius 2 is 2.25 bits per heavy atom. The van der Waals surface area contributed by atoms with E-state index < -0.39 is 12.0 Å². The molecule has 2 amide bonds. The molecule has 7 nitrogen and oxygen atoms in total. The average Bonchev–Trinajstić information content (AvgIpc) is 2.43. The highest BCUT2D eigenvalue weighted by atomic mass is 16.5. The maximum absolute atomic E-state index is 11.6. The molecule has 0 aliphatic carbocycles. The molecule has 7 heteroatoms. The van der Waals surface area contributed by atoms with Crippen molar-refractivity contribution in [1.82, 2.24) is 5.32 Å². The Hall–Kier alpha value is -2.83. The van der Waals surface area contributed by atoms with Crippen LogP contribution in [0.2, 0.25) is 0 Å². The van der Waals surface area contributed by atoms with Gasteiger partial charge in [-0.2, -0.15) is 0 Å². The van der Waals surface area contributed by atoms with E-state index in [1.807, 2.05) is 0 Å². The number of rotatable bonds is 3. The number of urea groups is 1. The van der Waals surface area contributed by atoms with Gasteiger partial charge in [-0.15, -0.1) is 5.11 Å². The Labute approximate surface area is 115 Å². The van der Waals surface area contributed by atoms with Gasteiger partial charge in [-0.25, -0.2) is 14.6 Å². The van der Waals surface area contributed by atoms with Gasteiger partial charge in [0.2, 0.25) is 0 Å². The van der Waals surface area contributed by atoms with Crippen LogP contribution in [0.25, 0.3) is 0 Å². The number of aliphatic imine (C=N–C) groups is 1. The second-order valence-electron chi connectivity index (χ2n) is 3.81. The van der Waals surface area contributed by atoms with Gasteiger partial charge in [0, 0.05) is 0 Å². The molecular weight excluding hydrogens is 260 g/mol. The van der Waals surface area contributed by atoms with Gasteiger partial charge in [-0.1, -0.05) is 17.8 Å². The topological polar surface area (TPSA) is 92.5 Å². The first-order valence-corrected chi connectivity index (χ1v) is 5.88. The fraction of sp³-hybridized carbons (Fsp3) is 0.154. The molecular formula is C13H12N4O3. The largest absolute Gasteiger partial charge is 0.462 e. The summed E-state index contributed by atoms with van der Waals surface area (Å²) < 4.78 is 4.90. The minimum absolute atomic E-state index is 0.200. The van der Waals surface area contributed by atoms with E-state index in [0.29, 0.717) is 17.9 Å². The fourth-order valence-corrected chi connectivity index (χ4v) is 1.49. The number of carbonyl (C=O) groups is 2. The summed E-state index contributed by atoms with van der Waals surface area (Å²) >= 11 is 0. The number of nitrogens with one attached hydrogen (secondary N) is 1. The zero-order valence-electron chi connectivity index (χ0n) is 10.8. The van der Waals surface area contributed by atoms with E-state index in [9.17, 15) is 9.59 Å². The molecule has 1 N–H and O–H groups in total. The van der Waals surface area contributed by atoms with E-state index in [1.165, 1.54) is 0 Å². The Bertz CT molecular complexity index is 634. The Balaban J connectivity index is 2.28. The molecule has 102 valence electrons. The number of amides is 2.